The molecule has 1 aromatic rings. The van der Waals surface area contributed by atoms with Gasteiger partial charge in [0.2, 0.25) is 5.88 Å². The van der Waals surface area contributed by atoms with Crippen LogP contribution in [0.4, 0.5) is 0 Å². The van der Waals surface area contributed by atoms with Gasteiger partial charge in [0, 0.05) is 36.7 Å². The number of hydrogen-bond acceptors (Lipinski definition) is 4. The normalized spacial score (nSPS) is 27.0. The van der Waals surface area contributed by atoms with Gasteiger partial charge in [0.1, 0.15) is 5.78 Å². The van der Waals surface area contributed by atoms with E-state index in [0.717, 1.165) is 44.3 Å². The second-order valence-corrected chi connectivity index (χ2v) is 6.17. The summed E-state index contributed by atoms with van der Waals surface area (Å²) >= 11 is 0. The Morgan fingerprint density at radius 2 is 2.24 bits per heavy atom. The minimum absolute atomic E-state index is 0.257. The van der Waals surface area contributed by atoms with Crippen LogP contribution in [0.15, 0.2) is 18.3 Å². The van der Waals surface area contributed by atoms with E-state index in [2.05, 4.69) is 16.0 Å². The maximum Gasteiger partial charge on any atom is 0.217 e. The molecule has 0 spiro atoms. The first kappa shape index (κ1) is 14.5. The predicted octanol–water partition coefficient (Wildman–Crippen LogP) is 2.81. The summed E-state index contributed by atoms with van der Waals surface area (Å²) in [5.41, 5.74) is 1.12. The first-order valence-corrected chi connectivity index (χ1v) is 8.04. The fourth-order valence-electron chi connectivity index (χ4n) is 3.87. The molecule has 0 aromatic carbocycles. The molecule has 2 unspecified atom stereocenters. The SMILES string of the molecule is COc1ncccc1CN1CCCCC1C1CCCC1=O. The van der Waals surface area contributed by atoms with E-state index in [1.54, 1.807) is 13.3 Å². The lowest BCUT2D eigenvalue weighted by molar-refractivity contribution is -0.123. The monoisotopic (exact) mass is 288 g/mol. The molecule has 0 bridgehead atoms. The first-order valence-electron chi connectivity index (χ1n) is 8.04. The fraction of sp³-hybridized carbons (Fsp3) is 0.647. The zero-order chi connectivity index (χ0) is 14.7. The Balaban J connectivity index is 1.76. The summed E-state index contributed by atoms with van der Waals surface area (Å²) < 4.78 is 5.36. The molecule has 21 heavy (non-hydrogen) atoms. The Hall–Kier alpha value is -1.42. The molecular weight excluding hydrogens is 264 g/mol. The van der Waals surface area contributed by atoms with Gasteiger partial charge < -0.3 is 4.74 Å². The van der Waals surface area contributed by atoms with Crippen molar-refractivity contribution in [2.24, 2.45) is 5.92 Å². The quantitative estimate of drug-likeness (QED) is 0.854. The number of aromatic nitrogens is 1. The number of rotatable bonds is 4. The first-order chi connectivity index (χ1) is 10.3. The number of carbonyl (C=O) groups is 1. The van der Waals surface area contributed by atoms with Gasteiger partial charge in [-0.2, -0.15) is 0 Å². The van der Waals surface area contributed by atoms with Crippen LogP contribution in [0.2, 0.25) is 0 Å². The van der Waals surface area contributed by atoms with Gasteiger partial charge in [-0.15, -0.1) is 0 Å². The van der Waals surface area contributed by atoms with E-state index in [0.29, 0.717) is 17.7 Å². The molecule has 2 fully saturated rings. The number of likely N-dealkylation sites (tertiary alicyclic amines) is 1. The number of ether oxygens (including phenoxy) is 1. The summed E-state index contributed by atoms with van der Waals surface area (Å²) in [4.78, 5) is 18.9. The molecule has 2 heterocycles. The standard InChI is InChI=1S/C17H24N2O2/c1-21-17-13(6-5-10-18-17)12-19-11-3-2-8-15(19)14-7-4-9-16(14)20/h5-6,10,14-15H,2-4,7-9,11-12H2,1H3. The third-order valence-electron chi connectivity index (χ3n) is 4.90. The van der Waals surface area contributed by atoms with Crippen molar-refractivity contribution >= 4 is 5.78 Å². The Morgan fingerprint density at radius 1 is 1.33 bits per heavy atom. The number of methoxy groups -OCH3 is 1. The number of ketones is 1. The zero-order valence-electron chi connectivity index (χ0n) is 12.8. The highest BCUT2D eigenvalue weighted by molar-refractivity contribution is 5.83. The van der Waals surface area contributed by atoms with Gasteiger partial charge in [0.05, 0.1) is 7.11 Å². The molecule has 114 valence electrons. The van der Waals surface area contributed by atoms with Crippen LogP contribution < -0.4 is 4.74 Å². The summed E-state index contributed by atoms with van der Waals surface area (Å²) in [5.74, 6) is 1.44. The van der Waals surface area contributed by atoms with Gasteiger partial charge in [0.25, 0.3) is 0 Å². The molecule has 0 N–H and O–H groups in total. The molecule has 1 aromatic heterocycles. The van der Waals surface area contributed by atoms with E-state index in [4.69, 9.17) is 4.74 Å². The summed E-state index contributed by atoms with van der Waals surface area (Å²) in [6.45, 7) is 1.91. The van der Waals surface area contributed by atoms with Crippen molar-refractivity contribution in [1.29, 1.82) is 0 Å². The Bertz CT molecular complexity index is 503. The lowest BCUT2D eigenvalue weighted by Crippen LogP contribution is -2.44. The molecule has 1 saturated carbocycles. The summed E-state index contributed by atoms with van der Waals surface area (Å²) in [7, 11) is 1.67. The van der Waals surface area contributed by atoms with E-state index >= 15 is 0 Å². The molecule has 0 radical (unpaired) electrons. The number of nitrogens with zero attached hydrogens (tertiary/aromatic N) is 2. The lowest BCUT2D eigenvalue weighted by atomic mass is 9.88. The molecule has 1 aliphatic carbocycles. The highest BCUT2D eigenvalue weighted by Gasteiger charge is 2.36. The maximum absolute atomic E-state index is 12.1. The van der Waals surface area contributed by atoms with E-state index in [9.17, 15) is 4.79 Å². The molecule has 2 aliphatic rings. The van der Waals surface area contributed by atoms with Crippen LogP contribution >= 0.6 is 0 Å². The number of pyridine rings is 1. The number of Topliss-reactive ketones (excluding diaryl/α,β-unsaturated/α-hetero) is 1. The highest BCUT2D eigenvalue weighted by Crippen LogP contribution is 2.34. The van der Waals surface area contributed by atoms with Gasteiger partial charge in [-0.05, 0) is 38.3 Å². The van der Waals surface area contributed by atoms with Crippen LogP contribution in [0, 0.1) is 5.92 Å². The van der Waals surface area contributed by atoms with Crippen LogP contribution in [0.3, 0.4) is 0 Å². The predicted molar refractivity (Wildman–Crippen MR) is 81.2 cm³/mol. The minimum Gasteiger partial charge on any atom is -0.481 e. The lowest BCUT2D eigenvalue weighted by Gasteiger charge is -2.38. The maximum atomic E-state index is 12.1. The van der Waals surface area contributed by atoms with E-state index in [-0.39, 0.29) is 5.92 Å². The zero-order valence-corrected chi connectivity index (χ0v) is 12.8. The fourth-order valence-corrected chi connectivity index (χ4v) is 3.87. The second-order valence-electron chi connectivity index (χ2n) is 6.17. The van der Waals surface area contributed by atoms with Gasteiger partial charge in [-0.1, -0.05) is 12.5 Å². The van der Waals surface area contributed by atoms with Crippen LogP contribution in [0.5, 0.6) is 5.88 Å². The largest absolute Gasteiger partial charge is 0.481 e. The van der Waals surface area contributed by atoms with Crippen molar-refractivity contribution in [2.75, 3.05) is 13.7 Å². The smallest absolute Gasteiger partial charge is 0.217 e. The average molecular weight is 288 g/mol. The van der Waals surface area contributed by atoms with Gasteiger partial charge in [-0.3, -0.25) is 9.69 Å². The van der Waals surface area contributed by atoms with Crippen LogP contribution in [0.1, 0.15) is 44.1 Å². The molecule has 3 rings (SSSR count). The third kappa shape index (κ3) is 3.10. The molecule has 0 amide bonds. The van der Waals surface area contributed by atoms with Gasteiger partial charge in [-0.25, -0.2) is 4.98 Å². The molecule has 4 nitrogen and oxygen atoms in total. The van der Waals surface area contributed by atoms with Crippen molar-refractivity contribution in [3.63, 3.8) is 0 Å². The summed E-state index contributed by atoms with van der Waals surface area (Å²) in [6, 6.07) is 4.45. The molecule has 1 saturated heterocycles. The Labute approximate surface area is 126 Å². The van der Waals surface area contributed by atoms with E-state index in [1.807, 2.05) is 6.07 Å². The molecular formula is C17H24N2O2. The van der Waals surface area contributed by atoms with Crippen molar-refractivity contribution < 1.29 is 9.53 Å². The number of carbonyl (C=O) groups excluding carboxylic acids is 1. The number of piperidine rings is 1. The van der Waals surface area contributed by atoms with Crippen molar-refractivity contribution in [1.82, 2.24) is 9.88 Å². The highest BCUT2D eigenvalue weighted by atomic mass is 16.5. The minimum atomic E-state index is 0.257. The topological polar surface area (TPSA) is 42.4 Å². The molecule has 4 heteroatoms. The average Bonchev–Trinajstić information content (AvgIpc) is 2.94. The van der Waals surface area contributed by atoms with Crippen LogP contribution in [0.25, 0.3) is 0 Å². The van der Waals surface area contributed by atoms with Crippen LogP contribution in [-0.2, 0) is 11.3 Å². The van der Waals surface area contributed by atoms with E-state index in [1.165, 1.54) is 12.8 Å². The van der Waals surface area contributed by atoms with E-state index < -0.39 is 0 Å². The van der Waals surface area contributed by atoms with Crippen molar-refractivity contribution in [2.45, 2.75) is 51.1 Å². The summed E-state index contributed by atoms with van der Waals surface area (Å²) in [6.07, 6.45) is 8.31. The Morgan fingerprint density at radius 3 is 3.00 bits per heavy atom. The summed E-state index contributed by atoms with van der Waals surface area (Å²) in [5, 5.41) is 0. The molecule has 2 atom stereocenters. The second kappa shape index (κ2) is 6.56. The molecule has 1 aliphatic heterocycles. The van der Waals surface area contributed by atoms with Crippen molar-refractivity contribution in [3.8, 4) is 5.88 Å². The van der Waals surface area contributed by atoms with Gasteiger partial charge >= 0.3 is 0 Å². The van der Waals surface area contributed by atoms with Crippen molar-refractivity contribution in [3.05, 3.63) is 23.9 Å². The number of hydrogen-bond donors (Lipinski definition) is 0. The van der Waals surface area contributed by atoms with Gasteiger partial charge in [0.15, 0.2) is 0 Å². The van der Waals surface area contributed by atoms with Crippen LogP contribution in [-0.4, -0.2) is 35.4 Å². The Kier molecular flexibility index (Phi) is 4.54. The third-order valence-corrected chi connectivity index (χ3v) is 4.90.